The standard InChI is InChI=1S/C19H18N2O4/c1-24-17(22)13-16(19(23)25-2)21-12-9-14-7-3-4-8-15(14)18(21)20-10-5-6-11-20/h3-13,18H,1-2H3/b16-13+. The monoisotopic (exact) mass is 338 g/mol. The van der Waals surface area contributed by atoms with E-state index in [0.717, 1.165) is 17.2 Å². The van der Waals surface area contributed by atoms with Crippen LogP contribution in [0.2, 0.25) is 0 Å². The molecule has 1 aliphatic rings. The predicted octanol–water partition coefficient (Wildman–Crippen LogP) is 2.55. The van der Waals surface area contributed by atoms with Crippen LogP contribution in [-0.4, -0.2) is 35.6 Å². The molecule has 0 amide bonds. The van der Waals surface area contributed by atoms with Gasteiger partial charge in [-0.15, -0.1) is 0 Å². The topological polar surface area (TPSA) is 60.8 Å². The van der Waals surface area contributed by atoms with E-state index in [9.17, 15) is 9.59 Å². The Labute approximate surface area is 145 Å². The highest BCUT2D eigenvalue weighted by atomic mass is 16.5. The van der Waals surface area contributed by atoms with Gasteiger partial charge in [0.2, 0.25) is 0 Å². The van der Waals surface area contributed by atoms with Crippen molar-refractivity contribution >= 4 is 18.0 Å². The summed E-state index contributed by atoms with van der Waals surface area (Å²) in [7, 11) is 2.54. The van der Waals surface area contributed by atoms with Crippen molar-refractivity contribution in [1.82, 2.24) is 9.47 Å². The van der Waals surface area contributed by atoms with Crippen LogP contribution in [0.15, 0.2) is 66.8 Å². The van der Waals surface area contributed by atoms with Crippen LogP contribution in [0.1, 0.15) is 17.3 Å². The average molecular weight is 338 g/mol. The molecule has 6 nitrogen and oxygen atoms in total. The quantitative estimate of drug-likeness (QED) is 0.633. The summed E-state index contributed by atoms with van der Waals surface area (Å²) < 4.78 is 11.5. The van der Waals surface area contributed by atoms with Crippen molar-refractivity contribution in [3.63, 3.8) is 0 Å². The first-order valence-electron chi connectivity index (χ1n) is 7.71. The van der Waals surface area contributed by atoms with E-state index in [2.05, 4.69) is 4.74 Å². The SMILES string of the molecule is COC(=O)/C=C(\C(=O)OC)N1C=Cc2ccccc2C1n1cccc1. The van der Waals surface area contributed by atoms with E-state index in [1.807, 2.05) is 59.4 Å². The largest absolute Gasteiger partial charge is 0.466 e. The fourth-order valence-electron chi connectivity index (χ4n) is 2.83. The number of hydrogen-bond donors (Lipinski definition) is 0. The van der Waals surface area contributed by atoms with Gasteiger partial charge < -0.3 is 18.9 Å². The Morgan fingerprint density at radius 2 is 1.76 bits per heavy atom. The van der Waals surface area contributed by atoms with Crippen LogP contribution in [0.25, 0.3) is 6.08 Å². The Bertz CT molecular complexity index is 837. The Morgan fingerprint density at radius 1 is 1.04 bits per heavy atom. The summed E-state index contributed by atoms with van der Waals surface area (Å²) >= 11 is 0. The highest BCUT2D eigenvalue weighted by Gasteiger charge is 2.30. The average Bonchev–Trinajstić information content (AvgIpc) is 3.18. The van der Waals surface area contributed by atoms with Gasteiger partial charge in [-0.3, -0.25) is 0 Å². The molecule has 1 unspecified atom stereocenters. The summed E-state index contributed by atoms with van der Waals surface area (Å²) in [5.41, 5.74) is 2.14. The van der Waals surface area contributed by atoms with Crippen molar-refractivity contribution in [1.29, 1.82) is 0 Å². The third kappa shape index (κ3) is 3.19. The van der Waals surface area contributed by atoms with Gasteiger partial charge in [0, 0.05) is 24.2 Å². The van der Waals surface area contributed by atoms with Crippen LogP contribution in [-0.2, 0) is 19.1 Å². The number of esters is 2. The summed E-state index contributed by atoms with van der Waals surface area (Å²) in [4.78, 5) is 25.8. The molecule has 1 aliphatic heterocycles. The second-order valence-corrected chi connectivity index (χ2v) is 5.40. The number of rotatable bonds is 4. The molecule has 1 aromatic heterocycles. The maximum atomic E-state index is 12.3. The second kappa shape index (κ2) is 7.09. The first-order chi connectivity index (χ1) is 12.2. The number of aromatic nitrogens is 1. The summed E-state index contributed by atoms with van der Waals surface area (Å²) in [6.45, 7) is 0. The zero-order valence-electron chi connectivity index (χ0n) is 14.0. The van der Waals surface area contributed by atoms with E-state index in [-0.39, 0.29) is 11.9 Å². The van der Waals surface area contributed by atoms with Crippen LogP contribution < -0.4 is 0 Å². The lowest BCUT2D eigenvalue weighted by Crippen LogP contribution is -2.34. The third-order valence-corrected chi connectivity index (χ3v) is 3.99. The summed E-state index contributed by atoms with van der Waals surface area (Å²) in [5, 5.41) is 0. The molecule has 0 saturated heterocycles. The number of methoxy groups -OCH3 is 2. The number of carbonyl (C=O) groups excluding carboxylic acids is 2. The van der Waals surface area contributed by atoms with Crippen LogP contribution in [0.3, 0.4) is 0 Å². The van der Waals surface area contributed by atoms with E-state index >= 15 is 0 Å². The fourth-order valence-corrected chi connectivity index (χ4v) is 2.83. The van der Waals surface area contributed by atoms with Gasteiger partial charge in [0.1, 0.15) is 11.9 Å². The summed E-state index contributed by atoms with van der Waals surface area (Å²) in [6, 6.07) is 11.7. The lowest BCUT2D eigenvalue weighted by atomic mass is 10.00. The molecule has 0 N–H and O–H groups in total. The molecule has 128 valence electrons. The van der Waals surface area contributed by atoms with Crippen molar-refractivity contribution in [3.8, 4) is 0 Å². The molecule has 0 radical (unpaired) electrons. The van der Waals surface area contributed by atoms with Crippen molar-refractivity contribution < 1.29 is 19.1 Å². The number of hydrogen-bond acceptors (Lipinski definition) is 5. The van der Waals surface area contributed by atoms with Crippen molar-refractivity contribution in [2.75, 3.05) is 14.2 Å². The maximum Gasteiger partial charge on any atom is 0.355 e. The molecule has 25 heavy (non-hydrogen) atoms. The number of fused-ring (bicyclic) bond motifs is 1. The molecule has 6 heteroatoms. The molecule has 3 rings (SSSR count). The molecule has 1 atom stereocenters. The Balaban J connectivity index is 2.14. The predicted molar refractivity (Wildman–Crippen MR) is 92.0 cm³/mol. The first-order valence-corrected chi connectivity index (χ1v) is 7.71. The lowest BCUT2D eigenvalue weighted by Gasteiger charge is -2.36. The Kier molecular flexibility index (Phi) is 4.70. The zero-order chi connectivity index (χ0) is 17.8. The first kappa shape index (κ1) is 16.6. The van der Waals surface area contributed by atoms with Gasteiger partial charge in [-0.25, -0.2) is 9.59 Å². The van der Waals surface area contributed by atoms with Gasteiger partial charge in [-0.1, -0.05) is 24.3 Å². The molecular weight excluding hydrogens is 320 g/mol. The summed E-state index contributed by atoms with van der Waals surface area (Å²) in [6.07, 6.45) is 8.27. The minimum Gasteiger partial charge on any atom is -0.466 e. The number of nitrogens with zero attached hydrogens (tertiary/aromatic N) is 2. The van der Waals surface area contributed by atoms with Crippen molar-refractivity contribution in [2.45, 2.75) is 6.17 Å². The van der Waals surface area contributed by atoms with Crippen LogP contribution in [0.4, 0.5) is 0 Å². The Morgan fingerprint density at radius 3 is 2.44 bits per heavy atom. The molecule has 0 fully saturated rings. The van der Waals surface area contributed by atoms with E-state index in [1.165, 1.54) is 14.2 Å². The van der Waals surface area contributed by atoms with Crippen molar-refractivity contribution in [3.05, 3.63) is 77.9 Å². The minimum atomic E-state index is -0.626. The normalized spacial score (nSPS) is 16.3. The molecule has 2 aromatic rings. The number of carbonyl (C=O) groups is 2. The highest BCUT2D eigenvalue weighted by Crippen LogP contribution is 2.34. The molecular formula is C19H18N2O4. The van der Waals surface area contributed by atoms with Gasteiger partial charge in [0.15, 0.2) is 0 Å². The van der Waals surface area contributed by atoms with E-state index in [4.69, 9.17) is 4.74 Å². The molecule has 0 bridgehead atoms. The molecule has 0 spiro atoms. The lowest BCUT2D eigenvalue weighted by molar-refractivity contribution is -0.140. The molecule has 0 aliphatic carbocycles. The molecule has 1 aromatic carbocycles. The fraction of sp³-hybridized carbons (Fsp3) is 0.158. The smallest absolute Gasteiger partial charge is 0.355 e. The van der Waals surface area contributed by atoms with E-state index < -0.39 is 11.9 Å². The highest BCUT2D eigenvalue weighted by molar-refractivity contribution is 5.96. The van der Waals surface area contributed by atoms with E-state index in [0.29, 0.717) is 0 Å². The van der Waals surface area contributed by atoms with Crippen LogP contribution in [0.5, 0.6) is 0 Å². The van der Waals surface area contributed by atoms with E-state index in [1.54, 1.807) is 11.1 Å². The van der Waals surface area contributed by atoms with Gasteiger partial charge >= 0.3 is 11.9 Å². The third-order valence-electron chi connectivity index (χ3n) is 3.99. The number of ether oxygens (including phenoxy) is 2. The zero-order valence-corrected chi connectivity index (χ0v) is 14.0. The second-order valence-electron chi connectivity index (χ2n) is 5.40. The van der Waals surface area contributed by atoms with Crippen LogP contribution in [0, 0.1) is 0 Å². The maximum absolute atomic E-state index is 12.3. The molecule has 2 heterocycles. The van der Waals surface area contributed by atoms with Gasteiger partial charge in [-0.2, -0.15) is 0 Å². The van der Waals surface area contributed by atoms with Crippen LogP contribution >= 0.6 is 0 Å². The number of benzene rings is 1. The Hall–Kier alpha value is -3.28. The molecule has 0 saturated carbocycles. The summed E-state index contributed by atoms with van der Waals surface area (Å²) in [5.74, 6) is -1.24. The van der Waals surface area contributed by atoms with Gasteiger partial charge in [0.05, 0.1) is 20.3 Å². The van der Waals surface area contributed by atoms with Gasteiger partial charge in [-0.05, 0) is 23.8 Å². The van der Waals surface area contributed by atoms with Crippen molar-refractivity contribution in [2.24, 2.45) is 0 Å². The minimum absolute atomic E-state index is 0.0961. The van der Waals surface area contributed by atoms with Gasteiger partial charge in [0.25, 0.3) is 0 Å².